The van der Waals surface area contributed by atoms with E-state index < -0.39 is 0 Å². The van der Waals surface area contributed by atoms with Gasteiger partial charge in [0.2, 0.25) is 23.6 Å². The molecule has 1 heterocycles. The van der Waals surface area contributed by atoms with E-state index >= 15 is 0 Å². The Morgan fingerprint density at radius 3 is 2.22 bits per heavy atom. The number of carbonyl (C=O) groups is 4. The highest BCUT2D eigenvalue weighted by Crippen LogP contribution is 2.23. The van der Waals surface area contributed by atoms with Crippen LogP contribution in [-0.4, -0.2) is 35.1 Å². The largest absolute Gasteiger partial charge is 0.326 e. The number of anilines is 2. The van der Waals surface area contributed by atoms with Crippen molar-refractivity contribution in [2.24, 2.45) is 0 Å². The molecule has 1 aliphatic heterocycles. The molecule has 1 fully saturated rings. The van der Waals surface area contributed by atoms with Crippen LogP contribution in [0.15, 0.2) is 18.2 Å². The van der Waals surface area contributed by atoms with Gasteiger partial charge in [-0.15, -0.1) is 0 Å². The molecule has 7 nitrogen and oxygen atoms in total. The van der Waals surface area contributed by atoms with Gasteiger partial charge in [0, 0.05) is 44.1 Å². The quantitative estimate of drug-likeness (QED) is 0.803. The third-order valence-electron chi connectivity index (χ3n) is 3.64. The Bertz CT molecular complexity index is 653. The molecule has 0 radical (unpaired) electrons. The minimum atomic E-state index is -0.291. The predicted octanol–water partition coefficient (Wildman–Crippen LogP) is 1.43. The van der Waals surface area contributed by atoms with Crippen molar-refractivity contribution in [2.75, 3.05) is 17.2 Å². The minimum Gasteiger partial charge on any atom is -0.326 e. The molecule has 0 aliphatic carbocycles. The number of hydrogen-bond donors (Lipinski definition) is 2. The molecule has 2 rings (SSSR count). The van der Waals surface area contributed by atoms with E-state index in [4.69, 9.17) is 0 Å². The Labute approximate surface area is 134 Å². The van der Waals surface area contributed by atoms with Gasteiger partial charge in [-0.3, -0.25) is 24.1 Å². The molecule has 1 aliphatic rings. The van der Waals surface area contributed by atoms with Gasteiger partial charge in [0.25, 0.3) is 0 Å². The molecule has 0 aromatic heterocycles. The number of carbonyl (C=O) groups excluding carboxylic acids is 4. The fourth-order valence-corrected chi connectivity index (χ4v) is 2.39. The highest BCUT2D eigenvalue weighted by molar-refractivity contribution is 6.02. The van der Waals surface area contributed by atoms with Crippen molar-refractivity contribution in [2.45, 2.75) is 33.1 Å². The van der Waals surface area contributed by atoms with Crippen LogP contribution >= 0.6 is 0 Å². The maximum atomic E-state index is 12.0. The monoisotopic (exact) mass is 317 g/mol. The first-order chi connectivity index (χ1) is 10.9. The molecule has 4 amide bonds. The summed E-state index contributed by atoms with van der Waals surface area (Å²) in [5.74, 6) is -0.943. The second kappa shape index (κ2) is 7.04. The van der Waals surface area contributed by atoms with Gasteiger partial charge < -0.3 is 10.6 Å². The maximum Gasteiger partial charge on any atom is 0.229 e. The number of nitrogens with zero attached hydrogens (tertiary/aromatic N) is 1. The lowest BCUT2D eigenvalue weighted by Gasteiger charge is -2.15. The number of benzene rings is 1. The Morgan fingerprint density at radius 2 is 1.65 bits per heavy atom. The SMILES string of the molecule is CC(=O)Nc1cccc(NC(=O)CCN2C(=O)CCC2=O)c1C. The molecular weight excluding hydrogens is 298 g/mol. The molecule has 23 heavy (non-hydrogen) atoms. The van der Waals surface area contributed by atoms with Gasteiger partial charge in [0.05, 0.1) is 0 Å². The Balaban J connectivity index is 1.96. The number of hydrogen-bond acceptors (Lipinski definition) is 4. The summed E-state index contributed by atoms with van der Waals surface area (Å²) in [5, 5.41) is 5.43. The van der Waals surface area contributed by atoms with Gasteiger partial charge in [-0.1, -0.05) is 6.07 Å². The average Bonchev–Trinajstić information content (AvgIpc) is 2.80. The molecule has 1 aromatic carbocycles. The van der Waals surface area contributed by atoms with Crippen molar-refractivity contribution >= 4 is 35.0 Å². The molecule has 7 heteroatoms. The van der Waals surface area contributed by atoms with Crippen molar-refractivity contribution in [3.05, 3.63) is 23.8 Å². The van der Waals surface area contributed by atoms with E-state index in [0.29, 0.717) is 11.4 Å². The number of likely N-dealkylation sites (tertiary alicyclic amines) is 1. The smallest absolute Gasteiger partial charge is 0.229 e. The van der Waals surface area contributed by atoms with Gasteiger partial charge in [-0.05, 0) is 24.6 Å². The van der Waals surface area contributed by atoms with Crippen LogP contribution in [0.4, 0.5) is 11.4 Å². The number of amides is 4. The predicted molar refractivity (Wildman–Crippen MR) is 84.7 cm³/mol. The Kier molecular flexibility index (Phi) is 5.10. The van der Waals surface area contributed by atoms with E-state index in [1.807, 2.05) is 0 Å². The minimum absolute atomic E-state index is 0.0429. The molecule has 2 N–H and O–H groups in total. The Morgan fingerprint density at radius 1 is 1.09 bits per heavy atom. The third-order valence-corrected chi connectivity index (χ3v) is 3.64. The van der Waals surface area contributed by atoms with Crippen LogP contribution in [0, 0.1) is 6.92 Å². The summed E-state index contributed by atoms with van der Waals surface area (Å²) in [5.41, 5.74) is 1.95. The molecule has 0 unspecified atom stereocenters. The molecule has 1 saturated heterocycles. The van der Waals surface area contributed by atoms with Crippen LogP contribution in [0.1, 0.15) is 31.7 Å². The summed E-state index contributed by atoms with van der Waals surface area (Å²) in [7, 11) is 0. The van der Waals surface area contributed by atoms with Crippen LogP contribution in [0.25, 0.3) is 0 Å². The van der Waals surface area contributed by atoms with Gasteiger partial charge in [-0.25, -0.2) is 0 Å². The van der Waals surface area contributed by atoms with Crippen LogP contribution in [0.2, 0.25) is 0 Å². The maximum absolute atomic E-state index is 12.0. The van der Waals surface area contributed by atoms with Gasteiger partial charge in [0.15, 0.2) is 0 Å². The molecular formula is C16H19N3O4. The zero-order valence-electron chi connectivity index (χ0n) is 13.1. The number of imide groups is 1. The number of rotatable bonds is 5. The topological polar surface area (TPSA) is 95.6 Å². The summed E-state index contributed by atoms with van der Waals surface area (Å²) < 4.78 is 0. The normalized spacial score (nSPS) is 14.1. The van der Waals surface area contributed by atoms with Gasteiger partial charge in [0.1, 0.15) is 0 Å². The first-order valence-corrected chi connectivity index (χ1v) is 7.38. The van der Waals surface area contributed by atoms with Crippen molar-refractivity contribution in [3.63, 3.8) is 0 Å². The van der Waals surface area contributed by atoms with E-state index in [2.05, 4.69) is 10.6 Å². The zero-order chi connectivity index (χ0) is 17.0. The van der Waals surface area contributed by atoms with E-state index in [0.717, 1.165) is 10.5 Å². The molecule has 0 spiro atoms. The summed E-state index contributed by atoms with van der Waals surface area (Å²) >= 11 is 0. The lowest BCUT2D eigenvalue weighted by Crippen LogP contribution is -2.32. The van der Waals surface area contributed by atoms with E-state index in [1.165, 1.54) is 6.92 Å². The van der Waals surface area contributed by atoms with Crippen molar-refractivity contribution in [1.29, 1.82) is 0 Å². The fourth-order valence-electron chi connectivity index (χ4n) is 2.39. The standard InChI is InChI=1S/C16H19N3O4/c1-10-12(17-11(2)20)4-3-5-13(10)18-14(21)8-9-19-15(22)6-7-16(19)23/h3-5H,6-9H2,1-2H3,(H,17,20)(H,18,21). The van der Waals surface area contributed by atoms with Crippen LogP contribution in [-0.2, 0) is 19.2 Å². The Hall–Kier alpha value is -2.70. The molecule has 122 valence electrons. The average molecular weight is 317 g/mol. The second-order valence-corrected chi connectivity index (χ2v) is 5.40. The van der Waals surface area contributed by atoms with E-state index in [1.54, 1.807) is 25.1 Å². The highest BCUT2D eigenvalue weighted by Gasteiger charge is 2.28. The summed E-state index contributed by atoms with van der Waals surface area (Å²) in [6.45, 7) is 3.29. The fraction of sp³-hybridized carbons (Fsp3) is 0.375. The third kappa shape index (κ3) is 4.15. The van der Waals surface area contributed by atoms with E-state index in [9.17, 15) is 19.2 Å². The first kappa shape index (κ1) is 16.7. The lowest BCUT2D eigenvalue weighted by atomic mass is 10.1. The summed E-state index contributed by atoms with van der Waals surface area (Å²) in [4.78, 5) is 47.3. The zero-order valence-corrected chi connectivity index (χ0v) is 13.1. The van der Waals surface area contributed by atoms with Gasteiger partial charge in [-0.2, -0.15) is 0 Å². The molecule has 0 atom stereocenters. The molecule has 1 aromatic rings. The van der Waals surface area contributed by atoms with Crippen LogP contribution in [0.5, 0.6) is 0 Å². The van der Waals surface area contributed by atoms with Crippen molar-refractivity contribution in [3.8, 4) is 0 Å². The van der Waals surface area contributed by atoms with Crippen LogP contribution < -0.4 is 10.6 Å². The molecule has 0 bridgehead atoms. The molecule has 0 saturated carbocycles. The van der Waals surface area contributed by atoms with Crippen molar-refractivity contribution in [1.82, 2.24) is 4.90 Å². The highest BCUT2D eigenvalue weighted by atomic mass is 16.2. The first-order valence-electron chi connectivity index (χ1n) is 7.38. The number of nitrogens with one attached hydrogen (secondary N) is 2. The van der Waals surface area contributed by atoms with Gasteiger partial charge >= 0.3 is 0 Å². The van der Waals surface area contributed by atoms with Crippen molar-refractivity contribution < 1.29 is 19.2 Å². The van der Waals surface area contributed by atoms with Crippen LogP contribution in [0.3, 0.4) is 0 Å². The second-order valence-electron chi connectivity index (χ2n) is 5.40. The van der Waals surface area contributed by atoms with E-state index in [-0.39, 0.29) is 49.4 Å². The lowest BCUT2D eigenvalue weighted by molar-refractivity contribution is -0.138. The summed E-state index contributed by atoms with van der Waals surface area (Å²) in [6.07, 6.45) is 0.484. The summed E-state index contributed by atoms with van der Waals surface area (Å²) in [6, 6.07) is 5.19.